The summed E-state index contributed by atoms with van der Waals surface area (Å²) in [5.74, 6) is 2.47. The monoisotopic (exact) mass is 262 g/mol. The minimum Gasteiger partial charge on any atom is -0.351 e. The van der Waals surface area contributed by atoms with Crippen molar-refractivity contribution in [3.8, 4) is 0 Å². The lowest BCUT2D eigenvalue weighted by atomic mass is 9.45. The molecule has 4 rings (SSSR count). The third-order valence-corrected chi connectivity index (χ3v) is 6.02. The van der Waals surface area contributed by atoms with Gasteiger partial charge < -0.3 is 11.1 Å². The molecule has 4 aliphatic rings. The van der Waals surface area contributed by atoms with E-state index in [0.29, 0.717) is 6.54 Å². The summed E-state index contributed by atoms with van der Waals surface area (Å²) in [6, 6.07) is 0. The van der Waals surface area contributed by atoms with Crippen LogP contribution in [0.4, 0.5) is 0 Å². The second kappa shape index (κ2) is 4.34. The SMILES string of the molecule is C=CCNC(=O)C(C)(N)C12CC3CC(CC(C3)C1)C2. The summed E-state index contributed by atoms with van der Waals surface area (Å²) >= 11 is 0. The molecule has 3 nitrogen and oxygen atoms in total. The number of carbonyl (C=O) groups excluding carboxylic acids is 1. The Balaban J connectivity index is 1.83. The largest absolute Gasteiger partial charge is 0.351 e. The molecular weight excluding hydrogens is 236 g/mol. The predicted molar refractivity (Wildman–Crippen MR) is 76.4 cm³/mol. The van der Waals surface area contributed by atoms with Crippen LogP contribution in [0.3, 0.4) is 0 Å². The van der Waals surface area contributed by atoms with Gasteiger partial charge in [-0.1, -0.05) is 6.08 Å². The van der Waals surface area contributed by atoms with Crippen molar-refractivity contribution in [1.29, 1.82) is 0 Å². The molecule has 0 aromatic rings. The highest BCUT2D eigenvalue weighted by Gasteiger charge is 2.59. The number of hydrogen-bond acceptors (Lipinski definition) is 2. The van der Waals surface area contributed by atoms with Crippen LogP contribution in [0.1, 0.15) is 45.4 Å². The molecule has 1 amide bonds. The van der Waals surface area contributed by atoms with Gasteiger partial charge in [0.15, 0.2) is 0 Å². The molecule has 4 fully saturated rings. The van der Waals surface area contributed by atoms with Crippen LogP contribution in [0.2, 0.25) is 0 Å². The molecule has 19 heavy (non-hydrogen) atoms. The van der Waals surface area contributed by atoms with E-state index < -0.39 is 5.54 Å². The molecule has 3 N–H and O–H groups in total. The van der Waals surface area contributed by atoms with Gasteiger partial charge in [0.1, 0.15) is 0 Å². The van der Waals surface area contributed by atoms with Crippen molar-refractivity contribution in [1.82, 2.24) is 5.32 Å². The van der Waals surface area contributed by atoms with Gasteiger partial charge in [0, 0.05) is 6.54 Å². The highest BCUT2D eigenvalue weighted by Crippen LogP contribution is 2.63. The molecule has 0 aromatic heterocycles. The lowest BCUT2D eigenvalue weighted by molar-refractivity contribution is -0.143. The zero-order valence-electron chi connectivity index (χ0n) is 12.0. The maximum Gasteiger partial charge on any atom is 0.240 e. The molecule has 106 valence electrons. The van der Waals surface area contributed by atoms with E-state index in [1.165, 1.54) is 19.3 Å². The van der Waals surface area contributed by atoms with Gasteiger partial charge in [-0.25, -0.2) is 0 Å². The van der Waals surface area contributed by atoms with Crippen LogP contribution >= 0.6 is 0 Å². The minimum atomic E-state index is -0.730. The minimum absolute atomic E-state index is 0.00866. The van der Waals surface area contributed by atoms with Gasteiger partial charge in [-0.05, 0) is 68.6 Å². The molecule has 0 spiro atoms. The van der Waals surface area contributed by atoms with Crippen LogP contribution in [-0.2, 0) is 4.79 Å². The first-order valence-electron chi connectivity index (χ1n) is 7.65. The maximum atomic E-state index is 12.5. The lowest BCUT2D eigenvalue weighted by Gasteiger charge is -2.61. The van der Waals surface area contributed by atoms with E-state index in [-0.39, 0.29) is 11.3 Å². The zero-order chi connectivity index (χ0) is 13.7. The average molecular weight is 262 g/mol. The Bertz CT molecular complexity index is 364. The molecule has 1 unspecified atom stereocenters. The summed E-state index contributed by atoms with van der Waals surface area (Å²) in [5.41, 5.74) is 5.87. The number of nitrogens with two attached hydrogens (primary N) is 1. The molecule has 1 atom stereocenters. The summed E-state index contributed by atoms with van der Waals surface area (Å²) in [6.07, 6.45) is 9.33. The van der Waals surface area contributed by atoms with E-state index >= 15 is 0 Å². The summed E-state index contributed by atoms with van der Waals surface area (Å²) in [4.78, 5) is 12.5. The standard InChI is InChI=1S/C16H26N2O/c1-3-4-18-14(19)15(2,17)16-8-11-5-12(9-16)7-13(6-11)10-16/h3,11-13H,1,4-10,17H2,2H3,(H,18,19). The summed E-state index contributed by atoms with van der Waals surface area (Å²) in [5, 5.41) is 2.92. The van der Waals surface area contributed by atoms with Crippen molar-refractivity contribution in [2.45, 2.75) is 51.0 Å². The first-order chi connectivity index (χ1) is 8.97. The second-order valence-electron chi connectivity index (χ2n) is 7.40. The Morgan fingerprint density at radius 3 is 2.21 bits per heavy atom. The predicted octanol–water partition coefficient (Wildman–Crippen LogP) is 2.22. The van der Waals surface area contributed by atoms with Crippen LogP contribution in [0.25, 0.3) is 0 Å². The Morgan fingerprint density at radius 2 is 1.79 bits per heavy atom. The van der Waals surface area contributed by atoms with Gasteiger partial charge in [-0.2, -0.15) is 0 Å². The third-order valence-electron chi connectivity index (χ3n) is 6.02. The van der Waals surface area contributed by atoms with E-state index in [1.807, 2.05) is 6.92 Å². The van der Waals surface area contributed by atoms with E-state index in [2.05, 4.69) is 11.9 Å². The Labute approximate surface area is 116 Å². The number of rotatable bonds is 4. The van der Waals surface area contributed by atoms with Crippen LogP contribution < -0.4 is 11.1 Å². The Hall–Kier alpha value is -0.830. The quantitative estimate of drug-likeness (QED) is 0.763. The molecule has 0 heterocycles. The Kier molecular flexibility index (Phi) is 3.01. The van der Waals surface area contributed by atoms with E-state index in [1.54, 1.807) is 6.08 Å². The first kappa shape index (κ1) is 13.2. The van der Waals surface area contributed by atoms with Gasteiger partial charge in [0.2, 0.25) is 5.91 Å². The van der Waals surface area contributed by atoms with E-state index in [0.717, 1.165) is 37.0 Å². The average Bonchev–Trinajstić information content (AvgIpc) is 2.34. The van der Waals surface area contributed by atoms with Crippen LogP contribution in [-0.4, -0.2) is 18.0 Å². The molecule has 3 heteroatoms. The molecule has 0 radical (unpaired) electrons. The highest BCUT2D eigenvalue weighted by atomic mass is 16.2. The van der Waals surface area contributed by atoms with Crippen molar-refractivity contribution in [3.63, 3.8) is 0 Å². The van der Waals surface area contributed by atoms with Gasteiger partial charge in [0.25, 0.3) is 0 Å². The molecule has 4 bridgehead atoms. The van der Waals surface area contributed by atoms with Crippen molar-refractivity contribution in [2.75, 3.05) is 6.54 Å². The van der Waals surface area contributed by atoms with E-state index in [4.69, 9.17) is 5.73 Å². The van der Waals surface area contributed by atoms with Crippen molar-refractivity contribution in [3.05, 3.63) is 12.7 Å². The summed E-state index contributed by atoms with van der Waals surface area (Å²) in [6.45, 7) is 6.12. The number of nitrogens with one attached hydrogen (secondary N) is 1. The van der Waals surface area contributed by atoms with Crippen LogP contribution in [0, 0.1) is 23.2 Å². The molecular formula is C16H26N2O. The number of amides is 1. The fraction of sp³-hybridized carbons (Fsp3) is 0.812. The number of hydrogen-bond donors (Lipinski definition) is 2. The second-order valence-corrected chi connectivity index (χ2v) is 7.40. The molecule has 0 saturated heterocycles. The first-order valence-corrected chi connectivity index (χ1v) is 7.65. The maximum absolute atomic E-state index is 12.5. The van der Waals surface area contributed by atoms with Crippen molar-refractivity contribution >= 4 is 5.91 Å². The summed E-state index contributed by atoms with van der Waals surface area (Å²) in [7, 11) is 0. The Morgan fingerprint density at radius 1 is 1.32 bits per heavy atom. The normalized spacial score (nSPS) is 42.7. The molecule has 4 aliphatic carbocycles. The summed E-state index contributed by atoms with van der Waals surface area (Å²) < 4.78 is 0. The molecule has 0 aromatic carbocycles. The van der Waals surface area contributed by atoms with E-state index in [9.17, 15) is 4.79 Å². The fourth-order valence-electron chi connectivity index (χ4n) is 5.34. The van der Waals surface area contributed by atoms with Crippen molar-refractivity contribution < 1.29 is 4.79 Å². The van der Waals surface area contributed by atoms with Crippen LogP contribution in [0.15, 0.2) is 12.7 Å². The van der Waals surface area contributed by atoms with Gasteiger partial charge in [-0.3, -0.25) is 4.79 Å². The lowest BCUT2D eigenvalue weighted by Crippen LogP contribution is -2.67. The number of carbonyl (C=O) groups is 1. The molecule has 0 aliphatic heterocycles. The van der Waals surface area contributed by atoms with Crippen LogP contribution in [0.5, 0.6) is 0 Å². The zero-order valence-corrected chi connectivity index (χ0v) is 12.0. The third kappa shape index (κ3) is 1.94. The van der Waals surface area contributed by atoms with Gasteiger partial charge in [-0.15, -0.1) is 6.58 Å². The van der Waals surface area contributed by atoms with Crippen molar-refractivity contribution in [2.24, 2.45) is 28.9 Å². The molecule has 4 saturated carbocycles. The fourth-order valence-corrected chi connectivity index (χ4v) is 5.34. The highest BCUT2D eigenvalue weighted by molar-refractivity contribution is 5.87. The van der Waals surface area contributed by atoms with Gasteiger partial charge >= 0.3 is 0 Å². The topological polar surface area (TPSA) is 55.1 Å². The van der Waals surface area contributed by atoms with Gasteiger partial charge in [0.05, 0.1) is 5.54 Å². The smallest absolute Gasteiger partial charge is 0.240 e.